The molecule has 66 valence electrons. The number of carboxylic acid groups (broad SMARTS) is 1. The van der Waals surface area contributed by atoms with Gasteiger partial charge in [-0.2, -0.15) is 0 Å². The zero-order chi connectivity index (χ0) is 8.91. The molecular formula is C7H13O4-. The predicted molar refractivity (Wildman–Crippen MR) is 36.6 cm³/mol. The van der Waals surface area contributed by atoms with Crippen molar-refractivity contribution < 1.29 is 20.1 Å². The van der Waals surface area contributed by atoms with Crippen LogP contribution in [0.5, 0.6) is 0 Å². The molecule has 4 nitrogen and oxygen atoms in total. The number of aliphatic hydroxyl groups is 2. The van der Waals surface area contributed by atoms with E-state index in [0.717, 1.165) is 0 Å². The molecule has 0 rings (SSSR count). The summed E-state index contributed by atoms with van der Waals surface area (Å²) >= 11 is 0. The van der Waals surface area contributed by atoms with Crippen LogP contribution < -0.4 is 5.11 Å². The molecule has 0 aromatic rings. The van der Waals surface area contributed by atoms with Gasteiger partial charge in [-0.15, -0.1) is 0 Å². The standard InChI is InChI=1S/C7H14O4/c1-7(11,6(9)10)4-2-3-5-8/h8,11H,2-5H2,1H3,(H,9,10)/p-1. The predicted octanol–water partition coefficient (Wildman–Crippen LogP) is -1.35. The summed E-state index contributed by atoms with van der Waals surface area (Å²) in [7, 11) is 0. The quantitative estimate of drug-likeness (QED) is 0.488. The SMILES string of the molecule is CC(O)(CCCCO)C(=O)[O-]. The number of carboxylic acids is 1. The monoisotopic (exact) mass is 161 g/mol. The van der Waals surface area contributed by atoms with Gasteiger partial charge in [-0.25, -0.2) is 0 Å². The summed E-state index contributed by atoms with van der Waals surface area (Å²) in [4.78, 5) is 10.2. The van der Waals surface area contributed by atoms with E-state index in [2.05, 4.69) is 0 Å². The normalized spacial score (nSPS) is 15.9. The first kappa shape index (κ1) is 10.4. The number of aliphatic hydroxyl groups excluding tert-OH is 1. The molecule has 0 saturated carbocycles. The van der Waals surface area contributed by atoms with E-state index in [1.807, 2.05) is 0 Å². The molecule has 1 unspecified atom stereocenters. The zero-order valence-corrected chi connectivity index (χ0v) is 6.54. The van der Waals surface area contributed by atoms with Crippen LogP contribution in [-0.2, 0) is 4.79 Å². The van der Waals surface area contributed by atoms with Crippen LogP contribution in [0.25, 0.3) is 0 Å². The molecule has 0 saturated heterocycles. The third-order valence-corrected chi connectivity index (χ3v) is 1.51. The number of rotatable bonds is 5. The molecule has 0 aliphatic heterocycles. The first-order valence-electron chi connectivity index (χ1n) is 3.55. The molecule has 0 aromatic heterocycles. The molecule has 0 aromatic carbocycles. The van der Waals surface area contributed by atoms with Gasteiger partial charge in [-0.1, -0.05) is 0 Å². The average Bonchev–Trinajstić information content (AvgIpc) is 1.88. The second-order valence-electron chi connectivity index (χ2n) is 2.74. The lowest BCUT2D eigenvalue weighted by atomic mass is 10.00. The van der Waals surface area contributed by atoms with Gasteiger partial charge in [-0.3, -0.25) is 0 Å². The molecule has 2 N–H and O–H groups in total. The van der Waals surface area contributed by atoms with Crippen molar-refractivity contribution in [2.45, 2.75) is 31.8 Å². The van der Waals surface area contributed by atoms with Crippen molar-refractivity contribution in [3.8, 4) is 0 Å². The second-order valence-corrected chi connectivity index (χ2v) is 2.74. The van der Waals surface area contributed by atoms with E-state index in [9.17, 15) is 9.90 Å². The third-order valence-electron chi connectivity index (χ3n) is 1.51. The summed E-state index contributed by atoms with van der Waals surface area (Å²) in [5.74, 6) is -1.46. The molecule has 0 heterocycles. The Morgan fingerprint density at radius 2 is 2.09 bits per heavy atom. The molecule has 0 radical (unpaired) electrons. The minimum Gasteiger partial charge on any atom is -0.547 e. The Kier molecular flexibility index (Phi) is 4.07. The highest BCUT2D eigenvalue weighted by atomic mass is 16.4. The Balaban J connectivity index is 3.64. The maximum absolute atomic E-state index is 10.2. The van der Waals surface area contributed by atoms with Crippen LogP contribution in [-0.4, -0.2) is 28.4 Å². The Labute approximate surface area is 65.5 Å². The summed E-state index contributed by atoms with van der Waals surface area (Å²) in [5, 5.41) is 27.6. The van der Waals surface area contributed by atoms with Crippen LogP contribution in [0.2, 0.25) is 0 Å². The largest absolute Gasteiger partial charge is 0.547 e. The highest BCUT2D eigenvalue weighted by Crippen LogP contribution is 2.11. The van der Waals surface area contributed by atoms with Crippen LogP contribution in [0.15, 0.2) is 0 Å². The molecule has 11 heavy (non-hydrogen) atoms. The van der Waals surface area contributed by atoms with Gasteiger partial charge in [0.15, 0.2) is 0 Å². The lowest BCUT2D eigenvalue weighted by molar-refractivity contribution is -0.324. The first-order chi connectivity index (χ1) is 5.00. The van der Waals surface area contributed by atoms with Crippen molar-refractivity contribution >= 4 is 5.97 Å². The van der Waals surface area contributed by atoms with Gasteiger partial charge in [0.05, 0.1) is 5.97 Å². The van der Waals surface area contributed by atoms with Crippen molar-refractivity contribution in [3.63, 3.8) is 0 Å². The van der Waals surface area contributed by atoms with Gasteiger partial charge >= 0.3 is 0 Å². The summed E-state index contributed by atoms with van der Waals surface area (Å²) in [6, 6.07) is 0. The molecule has 0 aliphatic carbocycles. The van der Waals surface area contributed by atoms with Crippen molar-refractivity contribution in [2.75, 3.05) is 6.61 Å². The fourth-order valence-corrected chi connectivity index (χ4v) is 0.683. The third kappa shape index (κ3) is 3.95. The van der Waals surface area contributed by atoms with E-state index in [-0.39, 0.29) is 13.0 Å². The molecule has 0 aliphatic rings. The highest BCUT2D eigenvalue weighted by molar-refractivity contribution is 5.74. The van der Waals surface area contributed by atoms with Gasteiger partial charge in [0.1, 0.15) is 5.60 Å². The fourth-order valence-electron chi connectivity index (χ4n) is 0.683. The average molecular weight is 161 g/mol. The minimum absolute atomic E-state index is 0.0170. The van der Waals surface area contributed by atoms with Gasteiger partial charge in [0.25, 0.3) is 0 Å². The van der Waals surface area contributed by atoms with Crippen molar-refractivity contribution in [2.24, 2.45) is 0 Å². The number of hydrogen-bond donors (Lipinski definition) is 2. The van der Waals surface area contributed by atoms with E-state index < -0.39 is 11.6 Å². The Hall–Kier alpha value is -0.610. The smallest absolute Gasteiger partial charge is 0.101 e. The summed E-state index contributed by atoms with van der Waals surface area (Å²) < 4.78 is 0. The number of unbranched alkanes of at least 4 members (excludes halogenated alkanes) is 1. The lowest BCUT2D eigenvalue weighted by Gasteiger charge is -2.23. The van der Waals surface area contributed by atoms with Crippen LogP contribution >= 0.6 is 0 Å². The highest BCUT2D eigenvalue weighted by Gasteiger charge is 2.20. The maximum Gasteiger partial charge on any atom is 0.101 e. The van der Waals surface area contributed by atoms with Gasteiger partial charge in [-0.05, 0) is 26.2 Å². The van der Waals surface area contributed by atoms with E-state index in [1.54, 1.807) is 0 Å². The fraction of sp³-hybridized carbons (Fsp3) is 0.857. The number of aliphatic carboxylic acids is 1. The van der Waals surface area contributed by atoms with Gasteiger partial charge in [0.2, 0.25) is 0 Å². The number of carbonyl (C=O) groups excluding carboxylic acids is 1. The maximum atomic E-state index is 10.2. The molecule has 0 amide bonds. The van der Waals surface area contributed by atoms with Crippen LogP contribution in [0.4, 0.5) is 0 Å². The Morgan fingerprint density at radius 1 is 1.55 bits per heavy atom. The van der Waals surface area contributed by atoms with Crippen molar-refractivity contribution in [3.05, 3.63) is 0 Å². The molecule has 0 fully saturated rings. The van der Waals surface area contributed by atoms with Crippen LogP contribution in [0.1, 0.15) is 26.2 Å². The lowest BCUT2D eigenvalue weighted by Crippen LogP contribution is -2.45. The van der Waals surface area contributed by atoms with E-state index in [4.69, 9.17) is 10.2 Å². The molecular weight excluding hydrogens is 148 g/mol. The van der Waals surface area contributed by atoms with E-state index in [1.165, 1.54) is 6.92 Å². The number of hydrogen-bond acceptors (Lipinski definition) is 4. The van der Waals surface area contributed by atoms with Crippen molar-refractivity contribution in [1.29, 1.82) is 0 Å². The minimum atomic E-state index is -1.75. The van der Waals surface area contributed by atoms with Crippen LogP contribution in [0, 0.1) is 0 Å². The van der Waals surface area contributed by atoms with E-state index in [0.29, 0.717) is 12.8 Å². The Morgan fingerprint density at radius 3 is 2.45 bits per heavy atom. The molecule has 0 bridgehead atoms. The zero-order valence-electron chi connectivity index (χ0n) is 6.54. The topological polar surface area (TPSA) is 80.6 Å². The molecule has 0 spiro atoms. The summed E-state index contributed by atoms with van der Waals surface area (Å²) in [6.45, 7) is 1.21. The summed E-state index contributed by atoms with van der Waals surface area (Å²) in [6.07, 6.45) is 1.11. The first-order valence-corrected chi connectivity index (χ1v) is 3.55. The van der Waals surface area contributed by atoms with Gasteiger partial charge < -0.3 is 20.1 Å². The molecule has 1 atom stereocenters. The second kappa shape index (κ2) is 4.31. The van der Waals surface area contributed by atoms with E-state index >= 15 is 0 Å². The number of carbonyl (C=O) groups is 1. The Bertz CT molecular complexity index is 130. The summed E-state index contributed by atoms with van der Waals surface area (Å²) in [5.41, 5.74) is -1.75. The van der Waals surface area contributed by atoms with Crippen molar-refractivity contribution in [1.82, 2.24) is 0 Å². The molecule has 4 heteroatoms. The van der Waals surface area contributed by atoms with Crippen LogP contribution in [0.3, 0.4) is 0 Å². The van der Waals surface area contributed by atoms with Gasteiger partial charge in [0, 0.05) is 6.61 Å².